The predicted octanol–water partition coefficient (Wildman–Crippen LogP) is 0.930. The highest BCUT2D eigenvalue weighted by Gasteiger charge is 2.28. The highest BCUT2D eigenvalue weighted by molar-refractivity contribution is 5.78. The van der Waals surface area contributed by atoms with Crippen LogP contribution in [0.15, 0.2) is 12.1 Å². The lowest BCUT2D eigenvalue weighted by Gasteiger charge is -2.13. The summed E-state index contributed by atoms with van der Waals surface area (Å²) in [5, 5.41) is 9.82. The van der Waals surface area contributed by atoms with Gasteiger partial charge < -0.3 is 19.3 Å². The summed E-state index contributed by atoms with van der Waals surface area (Å²) in [7, 11) is 1.22. The highest BCUT2D eigenvalue weighted by Crippen LogP contribution is 2.40. The molecule has 0 saturated heterocycles. The summed E-state index contributed by atoms with van der Waals surface area (Å²) >= 11 is 0. The number of aliphatic hydroxyl groups is 1. The number of hydrogen-bond donors (Lipinski definition) is 1. The van der Waals surface area contributed by atoms with E-state index >= 15 is 0 Å². The summed E-state index contributed by atoms with van der Waals surface area (Å²) in [6, 6.07) is 3.50. The van der Waals surface area contributed by atoms with Crippen LogP contribution >= 0.6 is 0 Å². The van der Waals surface area contributed by atoms with Crippen LogP contribution in [0.3, 0.4) is 0 Å². The Morgan fingerprint density at radius 2 is 2.25 bits per heavy atom. The third kappa shape index (κ3) is 1.59. The van der Waals surface area contributed by atoms with E-state index in [-0.39, 0.29) is 6.79 Å². The number of ether oxygens (including phenoxy) is 3. The molecule has 86 valence electrons. The van der Waals surface area contributed by atoms with Gasteiger partial charge in [0.15, 0.2) is 17.6 Å². The standard InChI is InChI=1S/C11H12O5/c1-6-3-4-7-10(16-5-15-7)8(6)9(12)11(13)14-2/h3-4,9,12H,5H2,1-2H3. The minimum absolute atomic E-state index is 0.0969. The van der Waals surface area contributed by atoms with Crippen molar-refractivity contribution in [2.24, 2.45) is 0 Å². The molecule has 2 rings (SSSR count). The Morgan fingerprint density at radius 3 is 2.94 bits per heavy atom. The van der Waals surface area contributed by atoms with E-state index in [1.807, 2.05) is 0 Å². The lowest BCUT2D eigenvalue weighted by molar-refractivity contribution is -0.150. The summed E-state index contributed by atoms with van der Waals surface area (Å²) in [5.74, 6) is 0.230. The van der Waals surface area contributed by atoms with Crippen LogP contribution in [0.1, 0.15) is 17.2 Å². The number of hydrogen-bond acceptors (Lipinski definition) is 5. The van der Waals surface area contributed by atoms with Crippen molar-refractivity contribution in [3.05, 3.63) is 23.3 Å². The second-order valence-corrected chi connectivity index (χ2v) is 3.46. The average molecular weight is 224 g/mol. The smallest absolute Gasteiger partial charge is 0.339 e. The van der Waals surface area contributed by atoms with E-state index in [4.69, 9.17) is 9.47 Å². The van der Waals surface area contributed by atoms with Crippen LogP contribution in [-0.2, 0) is 9.53 Å². The second-order valence-electron chi connectivity index (χ2n) is 3.46. The highest BCUT2D eigenvalue weighted by atomic mass is 16.7. The van der Waals surface area contributed by atoms with Crippen molar-refractivity contribution < 1.29 is 24.1 Å². The molecule has 16 heavy (non-hydrogen) atoms. The molecule has 0 fully saturated rings. The molecule has 1 aromatic carbocycles. The quantitative estimate of drug-likeness (QED) is 0.757. The van der Waals surface area contributed by atoms with E-state index in [9.17, 15) is 9.90 Å². The lowest BCUT2D eigenvalue weighted by Crippen LogP contribution is -2.15. The Hall–Kier alpha value is -1.75. The molecular formula is C11H12O5. The lowest BCUT2D eigenvalue weighted by atomic mass is 10.0. The first-order valence-corrected chi connectivity index (χ1v) is 4.80. The summed E-state index contributed by atoms with van der Waals surface area (Å²) < 4.78 is 14.9. The summed E-state index contributed by atoms with van der Waals surface area (Å²) in [5.41, 5.74) is 1.16. The summed E-state index contributed by atoms with van der Waals surface area (Å²) in [6.07, 6.45) is -1.35. The van der Waals surface area contributed by atoms with Crippen molar-refractivity contribution in [3.63, 3.8) is 0 Å². The zero-order chi connectivity index (χ0) is 11.7. The van der Waals surface area contributed by atoms with Crippen LogP contribution < -0.4 is 9.47 Å². The third-order valence-electron chi connectivity index (χ3n) is 2.49. The molecular weight excluding hydrogens is 212 g/mol. The first-order valence-electron chi connectivity index (χ1n) is 4.80. The van der Waals surface area contributed by atoms with Crippen molar-refractivity contribution in [3.8, 4) is 11.5 Å². The predicted molar refractivity (Wildman–Crippen MR) is 54.3 cm³/mol. The maximum atomic E-state index is 11.3. The van der Waals surface area contributed by atoms with Gasteiger partial charge in [-0.1, -0.05) is 6.07 Å². The molecule has 0 aromatic heterocycles. The number of benzene rings is 1. The number of carbonyl (C=O) groups is 1. The van der Waals surface area contributed by atoms with Crippen LogP contribution in [0, 0.1) is 6.92 Å². The number of esters is 1. The number of carbonyl (C=O) groups excluding carboxylic acids is 1. The minimum atomic E-state index is -1.35. The fraction of sp³-hybridized carbons (Fsp3) is 0.364. The first kappa shape index (κ1) is 10.8. The fourth-order valence-corrected chi connectivity index (χ4v) is 1.66. The van der Waals surface area contributed by atoms with E-state index in [1.54, 1.807) is 19.1 Å². The van der Waals surface area contributed by atoms with E-state index in [0.29, 0.717) is 17.1 Å². The maximum absolute atomic E-state index is 11.3. The van der Waals surface area contributed by atoms with Gasteiger partial charge in [0.05, 0.1) is 7.11 Å². The molecule has 5 nitrogen and oxygen atoms in total. The maximum Gasteiger partial charge on any atom is 0.339 e. The molecule has 0 saturated carbocycles. The molecule has 1 aliphatic heterocycles. The van der Waals surface area contributed by atoms with Gasteiger partial charge in [0.25, 0.3) is 0 Å². The Kier molecular flexibility index (Phi) is 2.70. The van der Waals surface area contributed by atoms with Crippen molar-refractivity contribution in [1.29, 1.82) is 0 Å². The second kappa shape index (κ2) is 4.02. The number of aliphatic hydroxyl groups excluding tert-OH is 1. The van der Waals surface area contributed by atoms with Crippen LogP contribution in [0.2, 0.25) is 0 Å². The number of fused-ring (bicyclic) bond motifs is 1. The zero-order valence-electron chi connectivity index (χ0n) is 9.02. The van der Waals surface area contributed by atoms with Crippen molar-refractivity contribution in [2.45, 2.75) is 13.0 Å². The van der Waals surface area contributed by atoms with Crippen LogP contribution in [-0.4, -0.2) is 25.0 Å². The SMILES string of the molecule is COC(=O)C(O)c1c(C)ccc2c1OCO2. The first-order chi connectivity index (χ1) is 7.65. The van der Waals surface area contributed by atoms with Gasteiger partial charge in [-0.15, -0.1) is 0 Å². The van der Waals surface area contributed by atoms with E-state index < -0.39 is 12.1 Å². The minimum Gasteiger partial charge on any atom is -0.467 e. The Bertz CT molecular complexity index is 427. The Morgan fingerprint density at radius 1 is 1.50 bits per heavy atom. The molecule has 1 N–H and O–H groups in total. The molecule has 0 bridgehead atoms. The Labute approximate surface area is 92.5 Å². The normalized spacial score (nSPS) is 14.7. The van der Waals surface area contributed by atoms with Crippen molar-refractivity contribution in [1.82, 2.24) is 0 Å². The van der Waals surface area contributed by atoms with Gasteiger partial charge in [-0.25, -0.2) is 4.79 Å². The number of rotatable bonds is 2. The van der Waals surface area contributed by atoms with Gasteiger partial charge in [-0.3, -0.25) is 0 Å². The fourth-order valence-electron chi connectivity index (χ4n) is 1.66. The summed E-state index contributed by atoms with van der Waals surface area (Å²) in [4.78, 5) is 11.3. The molecule has 1 unspecified atom stereocenters. The number of methoxy groups -OCH3 is 1. The molecule has 1 aliphatic rings. The van der Waals surface area contributed by atoms with Gasteiger partial charge in [-0.2, -0.15) is 0 Å². The van der Waals surface area contributed by atoms with Crippen molar-refractivity contribution in [2.75, 3.05) is 13.9 Å². The average Bonchev–Trinajstić information content (AvgIpc) is 2.75. The van der Waals surface area contributed by atoms with Gasteiger partial charge in [0.1, 0.15) is 0 Å². The van der Waals surface area contributed by atoms with Gasteiger partial charge >= 0.3 is 5.97 Å². The molecule has 1 atom stereocenters. The van der Waals surface area contributed by atoms with Crippen LogP contribution in [0.5, 0.6) is 11.5 Å². The molecule has 1 aromatic rings. The van der Waals surface area contributed by atoms with Gasteiger partial charge in [-0.05, 0) is 18.6 Å². The zero-order valence-corrected chi connectivity index (χ0v) is 9.02. The molecule has 1 heterocycles. The van der Waals surface area contributed by atoms with E-state index in [2.05, 4.69) is 4.74 Å². The van der Waals surface area contributed by atoms with Crippen LogP contribution in [0.25, 0.3) is 0 Å². The molecule has 5 heteroatoms. The molecule has 0 radical (unpaired) electrons. The molecule has 0 spiro atoms. The van der Waals surface area contributed by atoms with Crippen LogP contribution in [0.4, 0.5) is 0 Å². The van der Waals surface area contributed by atoms with Crippen molar-refractivity contribution >= 4 is 5.97 Å². The third-order valence-corrected chi connectivity index (χ3v) is 2.49. The van der Waals surface area contributed by atoms with Gasteiger partial charge in [0, 0.05) is 5.56 Å². The monoisotopic (exact) mass is 224 g/mol. The Balaban J connectivity index is 2.47. The largest absolute Gasteiger partial charge is 0.467 e. The molecule has 0 aliphatic carbocycles. The van der Waals surface area contributed by atoms with Gasteiger partial charge in [0.2, 0.25) is 6.79 Å². The van der Waals surface area contributed by atoms with E-state index in [1.165, 1.54) is 7.11 Å². The summed E-state index contributed by atoms with van der Waals surface area (Å²) in [6.45, 7) is 1.88. The molecule has 0 amide bonds. The topological polar surface area (TPSA) is 65.0 Å². The number of aryl methyl sites for hydroxylation is 1. The van der Waals surface area contributed by atoms with E-state index in [0.717, 1.165) is 5.56 Å².